The minimum Gasteiger partial charge on any atom is -0.486 e. The third kappa shape index (κ3) is 5.16. The van der Waals surface area contributed by atoms with Crippen molar-refractivity contribution in [1.82, 2.24) is 5.32 Å². The van der Waals surface area contributed by atoms with E-state index in [1.54, 1.807) is 12.1 Å². The van der Waals surface area contributed by atoms with Gasteiger partial charge in [-0.15, -0.1) is 0 Å². The first-order chi connectivity index (χ1) is 13.5. The van der Waals surface area contributed by atoms with Crippen molar-refractivity contribution in [1.29, 1.82) is 0 Å². The molecular formula is C21H23NO6. The summed E-state index contributed by atoms with van der Waals surface area (Å²) in [5.74, 6) is 1.01. The Labute approximate surface area is 163 Å². The number of fused-ring (bicyclic) bond motifs is 1. The predicted octanol–water partition coefficient (Wildman–Crippen LogP) is 3.12. The first-order valence-electron chi connectivity index (χ1n) is 9.10. The number of hydrogen-bond acceptors (Lipinski definition) is 6. The second-order valence-corrected chi connectivity index (χ2v) is 6.65. The van der Waals surface area contributed by atoms with Crippen LogP contribution in [0.15, 0.2) is 47.1 Å². The SMILES string of the molecule is CC(C)[C@@H](NC(=O)COC(=O)/C=C/c1ccco1)c1ccc2c(c1)OCCO2. The lowest BCUT2D eigenvalue weighted by molar-refractivity contribution is -0.144. The molecule has 2 aromatic rings. The van der Waals surface area contributed by atoms with Crippen LogP contribution in [0.4, 0.5) is 0 Å². The monoisotopic (exact) mass is 385 g/mol. The number of ether oxygens (including phenoxy) is 3. The van der Waals surface area contributed by atoms with Crippen LogP contribution in [-0.4, -0.2) is 31.7 Å². The molecule has 1 aromatic carbocycles. The highest BCUT2D eigenvalue weighted by molar-refractivity contribution is 5.89. The first kappa shape index (κ1) is 19.5. The van der Waals surface area contributed by atoms with Crippen molar-refractivity contribution >= 4 is 18.0 Å². The molecule has 1 aliphatic heterocycles. The fraction of sp³-hybridized carbons (Fsp3) is 0.333. The second-order valence-electron chi connectivity index (χ2n) is 6.65. The Hall–Kier alpha value is -3.22. The number of benzene rings is 1. The van der Waals surface area contributed by atoms with Gasteiger partial charge >= 0.3 is 5.97 Å². The van der Waals surface area contributed by atoms with E-state index in [1.165, 1.54) is 18.4 Å². The van der Waals surface area contributed by atoms with E-state index in [1.807, 2.05) is 32.0 Å². The molecule has 7 heteroatoms. The molecule has 1 atom stereocenters. The van der Waals surface area contributed by atoms with Gasteiger partial charge in [0.1, 0.15) is 19.0 Å². The molecule has 28 heavy (non-hydrogen) atoms. The summed E-state index contributed by atoms with van der Waals surface area (Å²) < 4.78 is 21.2. The topological polar surface area (TPSA) is 87.0 Å². The normalized spacial score (nSPS) is 14.1. The van der Waals surface area contributed by atoms with Gasteiger partial charge in [-0.3, -0.25) is 4.79 Å². The van der Waals surface area contributed by atoms with E-state index in [4.69, 9.17) is 18.6 Å². The van der Waals surface area contributed by atoms with Gasteiger partial charge in [0, 0.05) is 6.08 Å². The molecule has 0 unspecified atom stereocenters. The van der Waals surface area contributed by atoms with Crippen LogP contribution in [0.1, 0.15) is 31.2 Å². The maximum atomic E-state index is 12.3. The van der Waals surface area contributed by atoms with Gasteiger partial charge in [0.05, 0.1) is 12.3 Å². The van der Waals surface area contributed by atoms with Crippen LogP contribution in [0.25, 0.3) is 6.08 Å². The number of carbonyl (C=O) groups is 2. The Morgan fingerprint density at radius 3 is 2.68 bits per heavy atom. The summed E-state index contributed by atoms with van der Waals surface area (Å²) in [5, 5.41) is 2.91. The molecule has 3 rings (SSSR count). The number of amides is 1. The Balaban J connectivity index is 1.56. The van der Waals surface area contributed by atoms with Gasteiger partial charge < -0.3 is 23.9 Å². The van der Waals surface area contributed by atoms with Crippen LogP contribution in [0.3, 0.4) is 0 Å². The minimum atomic E-state index is -0.619. The number of furan rings is 1. The van der Waals surface area contributed by atoms with Gasteiger partial charge in [-0.25, -0.2) is 4.79 Å². The standard InChI is InChI=1S/C21H23NO6/c1-14(2)21(15-5-7-17-18(12-15)27-11-10-26-17)22-19(23)13-28-20(24)8-6-16-4-3-9-25-16/h3-9,12,14,21H,10-11,13H2,1-2H3,(H,22,23)/b8-6+/t21-/m1/s1. The van der Waals surface area contributed by atoms with Crippen molar-refractivity contribution < 1.29 is 28.2 Å². The van der Waals surface area contributed by atoms with E-state index in [9.17, 15) is 9.59 Å². The molecule has 0 bridgehead atoms. The lowest BCUT2D eigenvalue weighted by atomic mass is 9.95. The van der Waals surface area contributed by atoms with Crippen molar-refractivity contribution in [3.8, 4) is 11.5 Å². The third-order valence-electron chi connectivity index (χ3n) is 4.18. The quantitative estimate of drug-likeness (QED) is 0.582. The predicted molar refractivity (Wildman–Crippen MR) is 102 cm³/mol. The van der Waals surface area contributed by atoms with E-state index in [2.05, 4.69) is 5.32 Å². The largest absolute Gasteiger partial charge is 0.486 e. The van der Waals surface area contributed by atoms with Gasteiger partial charge in [-0.2, -0.15) is 0 Å². The summed E-state index contributed by atoms with van der Waals surface area (Å²) in [6.45, 7) is 4.65. The highest BCUT2D eigenvalue weighted by Crippen LogP contribution is 2.34. The molecule has 0 fully saturated rings. The van der Waals surface area contributed by atoms with E-state index in [0.29, 0.717) is 30.5 Å². The molecule has 1 amide bonds. The van der Waals surface area contributed by atoms with Crippen LogP contribution in [0.2, 0.25) is 0 Å². The van der Waals surface area contributed by atoms with E-state index in [0.717, 1.165) is 5.56 Å². The van der Waals surface area contributed by atoms with Crippen LogP contribution in [0.5, 0.6) is 11.5 Å². The number of esters is 1. The summed E-state index contributed by atoms with van der Waals surface area (Å²) in [5.41, 5.74) is 0.900. The number of carbonyl (C=O) groups excluding carboxylic acids is 2. The van der Waals surface area contributed by atoms with Crippen LogP contribution in [-0.2, 0) is 14.3 Å². The maximum absolute atomic E-state index is 12.3. The Morgan fingerprint density at radius 1 is 1.18 bits per heavy atom. The zero-order valence-corrected chi connectivity index (χ0v) is 15.8. The van der Waals surface area contributed by atoms with Crippen molar-refractivity contribution in [2.75, 3.05) is 19.8 Å². The van der Waals surface area contributed by atoms with Crippen molar-refractivity contribution in [2.45, 2.75) is 19.9 Å². The van der Waals surface area contributed by atoms with E-state index in [-0.39, 0.29) is 24.5 Å². The molecule has 0 radical (unpaired) electrons. The molecule has 0 saturated carbocycles. The van der Waals surface area contributed by atoms with Crippen molar-refractivity contribution in [2.24, 2.45) is 5.92 Å². The smallest absolute Gasteiger partial charge is 0.331 e. The van der Waals surface area contributed by atoms with Crippen molar-refractivity contribution in [3.05, 3.63) is 54.0 Å². The molecule has 0 aliphatic carbocycles. The zero-order valence-electron chi connectivity index (χ0n) is 15.8. The lowest BCUT2D eigenvalue weighted by Gasteiger charge is -2.25. The average Bonchev–Trinajstić information content (AvgIpc) is 3.22. The molecule has 7 nitrogen and oxygen atoms in total. The molecule has 1 N–H and O–H groups in total. The summed E-state index contributed by atoms with van der Waals surface area (Å²) in [7, 11) is 0. The lowest BCUT2D eigenvalue weighted by Crippen LogP contribution is -2.35. The Morgan fingerprint density at radius 2 is 1.96 bits per heavy atom. The molecule has 1 aliphatic rings. The molecule has 2 heterocycles. The summed E-state index contributed by atoms with van der Waals surface area (Å²) in [6.07, 6.45) is 4.20. The zero-order chi connectivity index (χ0) is 19.9. The summed E-state index contributed by atoms with van der Waals surface area (Å²) in [4.78, 5) is 24.0. The number of hydrogen-bond donors (Lipinski definition) is 1. The van der Waals surface area contributed by atoms with E-state index >= 15 is 0 Å². The Kier molecular flexibility index (Phi) is 6.37. The molecule has 0 spiro atoms. The second kappa shape index (κ2) is 9.12. The van der Waals surface area contributed by atoms with Gasteiger partial charge in [0.15, 0.2) is 18.1 Å². The number of nitrogens with one attached hydrogen (secondary N) is 1. The first-order valence-corrected chi connectivity index (χ1v) is 9.10. The summed E-state index contributed by atoms with van der Waals surface area (Å²) in [6, 6.07) is 8.78. The van der Waals surface area contributed by atoms with Gasteiger partial charge in [-0.05, 0) is 41.8 Å². The molecular weight excluding hydrogens is 362 g/mol. The highest BCUT2D eigenvalue weighted by Gasteiger charge is 2.21. The van der Waals surface area contributed by atoms with Crippen LogP contribution in [0, 0.1) is 5.92 Å². The van der Waals surface area contributed by atoms with E-state index < -0.39 is 5.97 Å². The molecule has 0 saturated heterocycles. The van der Waals surface area contributed by atoms with Crippen molar-refractivity contribution in [3.63, 3.8) is 0 Å². The summed E-state index contributed by atoms with van der Waals surface area (Å²) >= 11 is 0. The maximum Gasteiger partial charge on any atom is 0.331 e. The van der Waals surface area contributed by atoms with Gasteiger partial charge in [0.2, 0.25) is 0 Å². The van der Waals surface area contributed by atoms with Gasteiger partial charge in [0.25, 0.3) is 5.91 Å². The fourth-order valence-electron chi connectivity index (χ4n) is 2.82. The van der Waals surface area contributed by atoms with Gasteiger partial charge in [-0.1, -0.05) is 19.9 Å². The fourth-order valence-corrected chi connectivity index (χ4v) is 2.82. The highest BCUT2D eigenvalue weighted by atomic mass is 16.6. The minimum absolute atomic E-state index is 0.126. The third-order valence-corrected chi connectivity index (χ3v) is 4.18. The van der Waals surface area contributed by atoms with Crippen LogP contribution < -0.4 is 14.8 Å². The Bertz CT molecular complexity index is 841. The van der Waals surface area contributed by atoms with Crippen LogP contribution >= 0.6 is 0 Å². The number of rotatable bonds is 7. The molecule has 148 valence electrons. The molecule has 1 aromatic heterocycles. The average molecular weight is 385 g/mol.